The van der Waals surface area contributed by atoms with Gasteiger partial charge in [-0.25, -0.2) is 0 Å². The summed E-state index contributed by atoms with van der Waals surface area (Å²) in [4.78, 5) is 15.4. The van der Waals surface area contributed by atoms with Crippen LogP contribution in [0.3, 0.4) is 0 Å². The summed E-state index contributed by atoms with van der Waals surface area (Å²) in [5.41, 5.74) is 1.51. The number of likely N-dealkylation sites (N-methyl/N-ethyl adjacent to an activating group) is 1. The molecule has 86 valence electrons. The SMILES string of the molecule is CCN1CCN(c2ccccc2N=O)CC1. The molecule has 1 aliphatic rings. The van der Waals surface area contributed by atoms with Crippen LogP contribution in [0.1, 0.15) is 6.92 Å². The van der Waals surface area contributed by atoms with Crippen LogP contribution in [0.5, 0.6) is 0 Å². The fourth-order valence-electron chi connectivity index (χ4n) is 2.11. The lowest BCUT2D eigenvalue weighted by molar-refractivity contribution is 0.271. The van der Waals surface area contributed by atoms with Crippen LogP contribution < -0.4 is 4.90 Å². The van der Waals surface area contributed by atoms with E-state index in [9.17, 15) is 4.91 Å². The lowest BCUT2D eigenvalue weighted by Gasteiger charge is -2.35. The van der Waals surface area contributed by atoms with Crippen molar-refractivity contribution in [3.05, 3.63) is 29.2 Å². The first-order chi connectivity index (χ1) is 7.85. The van der Waals surface area contributed by atoms with Crippen LogP contribution in [-0.4, -0.2) is 37.6 Å². The lowest BCUT2D eigenvalue weighted by Crippen LogP contribution is -2.46. The number of hydrogen-bond acceptors (Lipinski definition) is 4. The number of nitroso groups, excluding NO2 is 1. The highest BCUT2D eigenvalue weighted by atomic mass is 16.3. The van der Waals surface area contributed by atoms with Crippen molar-refractivity contribution in [3.8, 4) is 0 Å². The molecule has 0 unspecified atom stereocenters. The van der Waals surface area contributed by atoms with Crippen LogP contribution in [0.15, 0.2) is 29.4 Å². The van der Waals surface area contributed by atoms with Crippen molar-refractivity contribution < 1.29 is 0 Å². The van der Waals surface area contributed by atoms with E-state index >= 15 is 0 Å². The summed E-state index contributed by atoms with van der Waals surface area (Å²) in [6.45, 7) is 7.34. The molecule has 1 aromatic rings. The summed E-state index contributed by atoms with van der Waals surface area (Å²) < 4.78 is 0. The third-order valence-corrected chi connectivity index (χ3v) is 3.14. The fourth-order valence-corrected chi connectivity index (χ4v) is 2.11. The van der Waals surface area contributed by atoms with E-state index in [4.69, 9.17) is 0 Å². The standard InChI is InChI=1S/C12H17N3O/c1-2-14-7-9-15(10-8-14)12-6-4-3-5-11(12)13-16/h3-6H,2,7-10H2,1H3. The minimum atomic E-state index is 0.549. The molecular formula is C12H17N3O. The van der Waals surface area contributed by atoms with Crippen molar-refractivity contribution in [1.82, 2.24) is 4.90 Å². The molecule has 4 heteroatoms. The molecule has 0 bridgehead atoms. The molecule has 2 rings (SSSR count). The van der Waals surface area contributed by atoms with Crippen molar-refractivity contribution in [3.63, 3.8) is 0 Å². The van der Waals surface area contributed by atoms with Gasteiger partial charge >= 0.3 is 0 Å². The van der Waals surface area contributed by atoms with Gasteiger partial charge in [0.1, 0.15) is 5.69 Å². The zero-order valence-corrected chi connectivity index (χ0v) is 9.59. The van der Waals surface area contributed by atoms with Crippen molar-refractivity contribution in [2.45, 2.75) is 6.92 Å². The molecule has 0 aromatic heterocycles. The fraction of sp³-hybridized carbons (Fsp3) is 0.500. The Hall–Kier alpha value is -1.42. The molecule has 1 aromatic carbocycles. The summed E-state index contributed by atoms with van der Waals surface area (Å²) in [6, 6.07) is 7.55. The summed E-state index contributed by atoms with van der Waals surface area (Å²) in [6.07, 6.45) is 0. The summed E-state index contributed by atoms with van der Waals surface area (Å²) >= 11 is 0. The number of piperazine rings is 1. The molecule has 1 aliphatic heterocycles. The first-order valence-corrected chi connectivity index (χ1v) is 5.75. The highest BCUT2D eigenvalue weighted by Crippen LogP contribution is 2.28. The summed E-state index contributed by atoms with van der Waals surface area (Å²) in [5, 5.41) is 3.08. The Kier molecular flexibility index (Phi) is 3.51. The van der Waals surface area contributed by atoms with Crippen molar-refractivity contribution in [1.29, 1.82) is 0 Å². The van der Waals surface area contributed by atoms with Crippen molar-refractivity contribution in [2.75, 3.05) is 37.6 Å². The van der Waals surface area contributed by atoms with Crippen molar-refractivity contribution >= 4 is 11.4 Å². The van der Waals surface area contributed by atoms with Gasteiger partial charge < -0.3 is 9.80 Å². The highest BCUT2D eigenvalue weighted by molar-refractivity contribution is 5.66. The molecule has 0 spiro atoms. The van der Waals surface area contributed by atoms with Gasteiger partial charge in [0, 0.05) is 26.2 Å². The Balaban J connectivity index is 2.10. The van der Waals surface area contributed by atoms with Crippen LogP contribution in [0.25, 0.3) is 0 Å². The van der Waals surface area contributed by atoms with Gasteiger partial charge in [0.25, 0.3) is 0 Å². The van der Waals surface area contributed by atoms with Gasteiger partial charge in [-0.15, -0.1) is 4.91 Å². The molecule has 0 saturated carbocycles. The van der Waals surface area contributed by atoms with Gasteiger partial charge in [-0.3, -0.25) is 0 Å². The van der Waals surface area contributed by atoms with E-state index in [1.54, 1.807) is 6.07 Å². The van der Waals surface area contributed by atoms with E-state index in [0.29, 0.717) is 5.69 Å². The maximum atomic E-state index is 10.7. The Morgan fingerprint density at radius 2 is 1.88 bits per heavy atom. The van der Waals surface area contributed by atoms with E-state index in [-0.39, 0.29) is 0 Å². The molecule has 1 heterocycles. The average molecular weight is 219 g/mol. The predicted molar refractivity (Wildman–Crippen MR) is 66.2 cm³/mol. The van der Waals surface area contributed by atoms with Gasteiger partial charge in [0.15, 0.2) is 0 Å². The largest absolute Gasteiger partial charge is 0.367 e. The van der Waals surface area contributed by atoms with Crippen LogP contribution in [0, 0.1) is 4.91 Å². The summed E-state index contributed by atoms with van der Waals surface area (Å²) in [5.74, 6) is 0. The van der Waals surface area contributed by atoms with Crippen LogP contribution in [-0.2, 0) is 0 Å². The minimum absolute atomic E-state index is 0.549. The van der Waals surface area contributed by atoms with Gasteiger partial charge in [-0.1, -0.05) is 19.1 Å². The number of para-hydroxylation sites is 1. The molecule has 0 N–H and O–H groups in total. The zero-order valence-electron chi connectivity index (χ0n) is 9.59. The first-order valence-electron chi connectivity index (χ1n) is 5.75. The predicted octanol–water partition coefficient (Wildman–Crippen LogP) is 2.23. The van der Waals surface area contributed by atoms with E-state index in [1.807, 2.05) is 18.2 Å². The molecule has 1 fully saturated rings. The second-order valence-corrected chi connectivity index (χ2v) is 4.00. The van der Waals surface area contributed by atoms with Crippen molar-refractivity contribution in [2.24, 2.45) is 5.18 Å². The van der Waals surface area contributed by atoms with Crippen LogP contribution >= 0.6 is 0 Å². The molecule has 0 radical (unpaired) electrons. The zero-order chi connectivity index (χ0) is 11.4. The third kappa shape index (κ3) is 2.22. The molecule has 1 saturated heterocycles. The van der Waals surface area contributed by atoms with Gasteiger partial charge in [-0.05, 0) is 23.9 Å². The number of benzene rings is 1. The minimum Gasteiger partial charge on any atom is -0.367 e. The van der Waals surface area contributed by atoms with E-state index in [0.717, 1.165) is 38.4 Å². The second-order valence-electron chi connectivity index (χ2n) is 4.00. The molecule has 0 atom stereocenters. The Morgan fingerprint density at radius 1 is 1.19 bits per heavy atom. The van der Waals surface area contributed by atoms with Gasteiger partial charge in [0.2, 0.25) is 0 Å². The normalized spacial score (nSPS) is 17.4. The van der Waals surface area contributed by atoms with Crippen LogP contribution in [0.4, 0.5) is 11.4 Å². The summed E-state index contributed by atoms with van der Waals surface area (Å²) in [7, 11) is 0. The van der Waals surface area contributed by atoms with E-state index < -0.39 is 0 Å². The number of nitrogens with zero attached hydrogens (tertiary/aromatic N) is 3. The second kappa shape index (κ2) is 5.07. The highest BCUT2D eigenvalue weighted by Gasteiger charge is 2.17. The monoisotopic (exact) mass is 219 g/mol. The first kappa shape index (κ1) is 11.1. The maximum absolute atomic E-state index is 10.7. The van der Waals surface area contributed by atoms with E-state index in [1.165, 1.54) is 0 Å². The van der Waals surface area contributed by atoms with Crippen LogP contribution in [0.2, 0.25) is 0 Å². The molecule has 16 heavy (non-hydrogen) atoms. The van der Waals surface area contributed by atoms with Gasteiger partial charge in [-0.2, -0.15) is 0 Å². The average Bonchev–Trinajstić information content (AvgIpc) is 2.39. The molecule has 0 aliphatic carbocycles. The van der Waals surface area contributed by atoms with Gasteiger partial charge in [0.05, 0.1) is 5.69 Å². The maximum Gasteiger partial charge on any atom is 0.131 e. The molecular weight excluding hydrogens is 202 g/mol. The third-order valence-electron chi connectivity index (χ3n) is 3.14. The number of anilines is 1. The Labute approximate surface area is 95.8 Å². The Morgan fingerprint density at radius 3 is 2.50 bits per heavy atom. The molecule has 0 amide bonds. The lowest BCUT2D eigenvalue weighted by atomic mass is 10.2. The Bertz CT molecular complexity index is 359. The quantitative estimate of drug-likeness (QED) is 0.731. The number of rotatable bonds is 3. The smallest absolute Gasteiger partial charge is 0.131 e. The number of hydrogen-bond donors (Lipinski definition) is 0. The topological polar surface area (TPSA) is 35.9 Å². The van der Waals surface area contributed by atoms with E-state index in [2.05, 4.69) is 21.9 Å². The molecule has 4 nitrogen and oxygen atoms in total.